The maximum absolute atomic E-state index is 12.6. The van der Waals surface area contributed by atoms with Crippen molar-refractivity contribution < 1.29 is 9.90 Å². The lowest BCUT2D eigenvalue weighted by Crippen LogP contribution is -2.47. The van der Waals surface area contributed by atoms with Crippen LogP contribution in [0.2, 0.25) is 0 Å². The van der Waals surface area contributed by atoms with Gasteiger partial charge in [0.2, 0.25) is 0 Å². The summed E-state index contributed by atoms with van der Waals surface area (Å²) in [6.07, 6.45) is 2.55. The Labute approximate surface area is 126 Å². The van der Waals surface area contributed by atoms with E-state index in [2.05, 4.69) is 11.0 Å². The van der Waals surface area contributed by atoms with E-state index in [0.29, 0.717) is 12.8 Å². The summed E-state index contributed by atoms with van der Waals surface area (Å²) >= 11 is 0. The van der Waals surface area contributed by atoms with Gasteiger partial charge in [0.15, 0.2) is 0 Å². The highest BCUT2D eigenvalue weighted by atomic mass is 16.3. The molecular weight excluding hydrogens is 264 g/mol. The molecule has 2 rings (SSSR count). The fourth-order valence-electron chi connectivity index (χ4n) is 3.24. The smallest absolute Gasteiger partial charge is 0.143 e. The lowest BCUT2D eigenvalue weighted by atomic mass is 9.69. The molecule has 21 heavy (non-hydrogen) atoms. The average Bonchev–Trinajstić information content (AvgIpc) is 2.52. The Kier molecular flexibility index (Phi) is 4.98. The molecule has 1 heterocycles. The van der Waals surface area contributed by atoms with Crippen LogP contribution in [0.3, 0.4) is 0 Å². The number of phenolic OH excluding ortho intramolecular Hbond substituents is 1. The second-order valence-electron chi connectivity index (χ2n) is 5.66. The molecule has 1 aliphatic rings. The van der Waals surface area contributed by atoms with Crippen LogP contribution < -0.4 is 0 Å². The Morgan fingerprint density at radius 1 is 1.43 bits per heavy atom. The summed E-state index contributed by atoms with van der Waals surface area (Å²) < 4.78 is 0. The van der Waals surface area contributed by atoms with Gasteiger partial charge in [-0.1, -0.05) is 19.1 Å². The van der Waals surface area contributed by atoms with Crippen LogP contribution in [0, 0.1) is 11.3 Å². The minimum Gasteiger partial charge on any atom is -0.508 e. The maximum Gasteiger partial charge on any atom is 0.143 e. The normalized spacial score (nSPS) is 18.1. The third-order valence-corrected chi connectivity index (χ3v) is 4.50. The Hall–Kier alpha value is -1.86. The maximum atomic E-state index is 12.6. The molecule has 0 spiro atoms. The van der Waals surface area contributed by atoms with Crippen LogP contribution in [0.1, 0.15) is 38.2 Å². The number of carbonyl (C=O) groups is 1. The van der Waals surface area contributed by atoms with E-state index in [1.807, 2.05) is 13.0 Å². The Morgan fingerprint density at radius 2 is 2.14 bits per heavy atom. The molecule has 0 bridgehead atoms. The number of hydrogen-bond acceptors (Lipinski definition) is 4. The number of nitriles is 1. The van der Waals surface area contributed by atoms with Crippen LogP contribution >= 0.6 is 0 Å². The van der Waals surface area contributed by atoms with E-state index in [1.54, 1.807) is 18.2 Å². The van der Waals surface area contributed by atoms with Crippen molar-refractivity contribution in [3.8, 4) is 11.8 Å². The van der Waals surface area contributed by atoms with Crippen molar-refractivity contribution >= 4 is 5.78 Å². The molecule has 1 fully saturated rings. The molecule has 0 amide bonds. The average molecular weight is 286 g/mol. The van der Waals surface area contributed by atoms with Gasteiger partial charge in [-0.3, -0.25) is 4.79 Å². The molecule has 0 aromatic heterocycles. The number of piperidine rings is 1. The van der Waals surface area contributed by atoms with Crippen molar-refractivity contribution in [2.45, 2.75) is 38.0 Å². The number of hydrogen-bond donors (Lipinski definition) is 1. The number of benzene rings is 1. The molecule has 112 valence electrons. The number of likely N-dealkylation sites (tertiary alicyclic amines) is 1. The molecule has 1 N–H and O–H groups in total. The van der Waals surface area contributed by atoms with E-state index in [9.17, 15) is 9.90 Å². The first-order chi connectivity index (χ1) is 10.1. The van der Waals surface area contributed by atoms with E-state index in [1.165, 1.54) is 0 Å². The third-order valence-electron chi connectivity index (χ3n) is 4.50. The number of ketones is 1. The molecule has 1 saturated heterocycles. The van der Waals surface area contributed by atoms with Crippen molar-refractivity contribution in [2.24, 2.45) is 0 Å². The zero-order valence-corrected chi connectivity index (χ0v) is 12.5. The molecule has 1 aromatic rings. The van der Waals surface area contributed by atoms with Gasteiger partial charge in [-0.15, -0.1) is 0 Å². The summed E-state index contributed by atoms with van der Waals surface area (Å²) in [4.78, 5) is 14.8. The van der Waals surface area contributed by atoms with Crippen molar-refractivity contribution in [3.63, 3.8) is 0 Å². The second kappa shape index (κ2) is 6.73. The van der Waals surface area contributed by atoms with Gasteiger partial charge in [0.1, 0.15) is 11.5 Å². The van der Waals surface area contributed by atoms with Gasteiger partial charge in [0, 0.05) is 19.4 Å². The molecule has 1 aliphatic heterocycles. The van der Waals surface area contributed by atoms with Gasteiger partial charge in [-0.05, 0) is 43.6 Å². The summed E-state index contributed by atoms with van der Waals surface area (Å²) in [5, 5.41) is 18.4. The first kappa shape index (κ1) is 15.5. The van der Waals surface area contributed by atoms with Crippen LogP contribution in [0.25, 0.3) is 0 Å². The quantitative estimate of drug-likeness (QED) is 0.903. The molecule has 1 aromatic carbocycles. The minimum absolute atomic E-state index is 0.211. The van der Waals surface area contributed by atoms with Crippen molar-refractivity contribution in [3.05, 3.63) is 29.8 Å². The molecule has 4 nitrogen and oxygen atoms in total. The number of Topliss-reactive ketones (excluding diaryl/α,β-unsaturated/α-hetero) is 1. The van der Waals surface area contributed by atoms with E-state index in [0.717, 1.165) is 38.0 Å². The molecule has 0 aliphatic carbocycles. The van der Waals surface area contributed by atoms with Gasteiger partial charge >= 0.3 is 0 Å². The van der Waals surface area contributed by atoms with Crippen molar-refractivity contribution in [1.29, 1.82) is 5.26 Å². The van der Waals surface area contributed by atoms with E-state index < -0.39 is 5.41 Å². The molecular formula is C17H22N2O2. The van der Waals surface area contributed by atoms with Gasteiger partial charge in [0.05, 0.1) is 11.5 Å². The van der Waals surface area contributed by atoms with E-state index in [-0.39, 0.29) is 11.5 Å². The van der Waals surface area contributed by atoms with Crippen LogP contribution in [-0.4, -0.2) is 35.4 Å². The number of rotatable bonds is 5. The predicted molar refractivity (Wildman–Crippen MR) is 81.0 cm³/mol. The molecule has 0 atom stereocenters. The SMILES string of the molecule is CCC(=O)C1(c2cccc(O)c2)CCN(CCC#N)CC1. The fraction of sp³-hybridized carbons (Fsp3) is 0.529. The highest BCUT2D eigenvalue weighted by Crippen LogP contribution is 2.38. The highest BCUT2D eigenvalue weighted by molar-refractivity contribution is 5.90. The molecule has 0 radical (unpaired) electrons. The van der Waals surface area contributed by atoms with Gasteiger partial charge in [-0.25, -0.2) is 0 Å². The number of nitrogens with zero attached hydrogens (tertiary/aromatic N) is 2. The van der Waals surface area contributed by atoms with Gasteiger partial charge in [-0.2, -0.15) is 5.26 Å². The van der Waals surface area contributed by atoms with Gasteiger partial charge in [0.25, 0.3) is 0 Å². The summed E-state index contributed by atoms with van der Waals surface area (Å²) in [6, 6.07) is 9.27. The number of carbonyl (C=O) groups excluding carboxylic acids is 1. The topological polar surface area (TPSA) is 64.3 Å². The Bertz CT molecular complexity index is 540. The predicted octanol–water partition coefficient (Wildman–Crippen LogP) is 2.62. The summed E-state index contributed by atoms with van der Waals surface area (Å²) in [7, 11) is 0. The van der Waals surface area contributed by atoms with Crippen LogP contribution in [-0.2, 0) is 10.2 Å². The van der Waals surface area contributed by atoms with E-state index in [4.69, 9.17) is 5.26 Å². The largest absolute Gasteiger partial charge is 0.508 e. The van der Waals surface area contributed by atoms with Gasteiger partial charge < -0.3 is 10.0 Å². The van der Waals surface area contributed by atoms with Crippen molar-refractivity contribution in [2.75, 3.05) is 19.6 Å². The lowest BCUT2D eigenvalue weighted by molar-refractivity contribution is -0.126. The van der Waals surface area contributed by atoms with E-state index >= 15 is 0 Å². The molecule has 0 unspecified atom stereocenters. The minimum atomic E-state index is -0.476. The summed E-state index contributed by atoms with van der Waals surface area (Å²) in [6.45, 7) is 4.31. The first-order valence-corrected chi connectivity index (χ1v) is 7.54. The zero-order valence-electron chi connectivity index (χ0n) is 12.5. The standard InChI is InChI=1S/C17H22N2O2/c1-2-16(21)17(14-5-3-6-15(20)13-14)7-11-19(12-8-17)10-4-9-18/h3,5-6,13,20H,2,4,7-8,10-12H2,1H3. The Morgan fingerprint density at radius 3 is 2.71 bits per heavy atom. The number of phenols is 1. The lowest BCUT2D eigenvalue weighted by Gasteiger charge is -2.41. The Balaban J connectivity index is 2.22. The summed E-state index contributed by atoms with van der Waals surface area (Å²) in [5.41, 5.74) is 0.450. The van der Waals surface area contributed by atoms with Crippen molar-refractivity contribution in [1.82, 2.24) is 4.90 Å². The number of aromatic hydroxyl groups is 1. The third kappa shape index (κ3) is 3.25. The second-order valence-corrected chi connectivity index (χ2v) is 5.66. The van der Waals surface area contributed by atoms with Crippen LogP contribution in [0.5, 0.6) is 5.75 Å². The highest BCUT2D eigenvalue weighted by Gasteiger charge is 2.41. The van der Waals surface area contributed by atoms with Crippen LogP contribution in [0.15, 0.2) is 24.3 Å². The summed E-state index contributed by atoms with van der Waals surface area (Å²) in [5.74, 6) is 0.454. The monoisotopic (exact) mass is 286 g/mol. The fourth-order valence-corrected chi connectivity index (χ4v) is 3.24. The zero-order chi connectivity index (χ0) is 15.3. The van der Waals surface area contributed by atoms with Crippen LogP contribution in [0.4, 0.5) is 0 Å². The molecule has 4 heteroatoms. The first-order valence-electron chi connectivity index (χ1n) is 7.54. The molecule has 0 saturated carbocycles.